The molecular weight excluding hydrogens is 260 g/mol. The van der Waals surface area contributed by atoms with Crippen molar-refractivity contribution in [3.8, 4) is 0 Å². The molecule has 0 saturated carbocycles. The monoisotopic (exact) mass is 270 g/mol. The maximum absolute atomic E-state index is 10.5. The molecule has 2 rings (SSSR count). The lowest BCUT2D eigenvalue weighted by molar-refractivity contribution is -0.133. The zero-order valence-corrected chi connectivity index (χ0v) is 10.7. The van der Waals surface area contributed by atoms with Gasteiger partial charge in [-0.2, -0.15) is 0 Å². The Hall–Kier alpha value is -1.41. The molecule has 17 heavy (non-hydrogen) atoms. The van der Waals surface area contributed by atoms with E-state index in [2.05, 4.69) is 15.2 Å². The van der Waals surface area contributed by atoms with Gasteiger partial charge in [0.15, 0.2) is 5.16 Å². The van der Waals surface area contributed by atoms with E-state index in [-0.39, 0.29) is 5.75 Å². The molecule has 2 aromatic heterocycles. The summed E-state index contributed by atoms with van der Waals surface area (Å²) in [4.78, 5) is 15.9. The van der Waals surface area contributed by atoms with Crippen molar-refractivity contribution in [2.45, 2.75) is 18.6 Å². The Morgan fingerprint density at radius 3 is 3.12 bits per heavy atom. The quantitative estimate of drug-likeness (QED) is 0.824. The van der Waals surface area contributed by atoms with E-state index >= 15 is 0 Å². The molecule has 0 aliphatic rings. The first-order valence-corrected chi connectivity index (χ1v) is 6.59. The van der Waals surface area contributed by atoms with Crippen LogP contribution in [0, 0.1) is 6.92 Å². The fraction of sp³-hybridized carbons (Fsp3) is 0.333. The van der Waals surface area contributed by atoms with Crippen LogP contribution in [0.5, 0.6) is 0 Å². The van der Waals surface area contributed by atoms with Crippen molar-refractivity contribution >= 4 is 29.1 Å². The molecule has 0 fully saturated rings. The van der Waals surface area contributed by atoms with Crippen LogP contribution in [0.3, 0.4) is 0 Å². The van der Waals surface area contributed by atoms with Gasteiger partial charge in [-0.15, -0.1) is 21.5 Å². The van der Waals surface area contributed by atoms with Gasteiger partial charge in [0, 0.05) is 11.1 Å². The maximum atomic E-state index is 10.5. The third kappa shape index (κ3) is 3.27. The summed E-state index contributed by atoms with van der Waals surface area (Å²) in [6.45, 7) is 2.57. The average molecular weight is 270 g/mol. The van der Waals surface area contributed by atoms with Crippen LogP contribution in [-0.2, 0) is 11.3 Å². The van der Waals surface area contributed by atoms with Crippen molar-refractivity contribution < 1.29 is 9.90 Å². The Morgan fingerprint density at radius 1 is 1.65 bits per heavy atom. The summed E-state index contributed by atoms with van der Waals surface area (Å²) in [5.41, 5.74) is 0. The molecule has 0 aliphatic carbocycles. The van der Waals surface area contributed by atoms with E-state index in [1.54, 1.807) is 22.2 Å². The molecular formula is C9H10N4O2S2. The number of carbonyl (C=O) groups is 1. The number of thiazole rings is 1. The van der Waals surface area contributed by atoms with E-state index in [9.17, 15) is 4.79 Å². The minimum Gasteiger partial charge on any atom is -0.481 e. The number of hydrogen-bond acceptors (Lipinski definition) is 6. The van der Waals surface area contributed by atoms with Crippen molar-refractivity contribution in [1.29, 1.82) is 0 Å². The zero-order valence-electron chi connectivity index (χ0n) is 9.03. The van der Waals surface area contributed by atoms with E-state index in [4.69, 9.17) is 5.11 Å². The van der Waals surface area contributed by atoms with Gasteiger partial charge in [-0.25, -0.2) is 4.98 Å². The van der Waals surface area contributed by atoms with E-state index in [0.717, 1.165) is 21.6 Å². The van der Waals surface area contributed by atoms with E-state index in [1.165, 1.54) is 0 Å². The summed E-state index contributed by atoms with van der Waals surface area (Å²) in [7, 11) is 0. The first-order valence-electron chi connectivity index (χ1n) is 4.79. The Morgan fingerprint density at radius 2 is 2.47 bits per heavy atom. The van der Waals surface area contributed by atoms with Crippen LogP contribution in [-0.4, -0.2) is 36.6 Å². The molecule has 0 amide bonds. The van der Waals surface area contributed by atoms with Crippen LogP contribution in [0.25, 0.3) is 0 Å². The van der Waals surface area contributed by atoms with E-state index < -0.39 is 5.97 Å². The largest absolute Gasteiger partial charge is 0.481 e. The number of carboxylic acids is 1. The molecule has 1 N–H and O–H groups in total. The van der Waals surface area contributed by atoms with Crippen LogP contribution >= 0.6 is 23.1 Å². The molecule has 0 bridgehead atoms. The van der Waals surface area contributed by atoms with Gasteiger partial charge in [-0.3, -0.25) is 4.79 Å². The van der Waals surface area contributed by atoms with Gasteiger partial charge in [-0.05, 0) is 6.92 Å². The number of hydrogen-bond donors (Lipinski definition) is 1. The molecule has 0 spiro atoms. The van der Waals surface area contributed by atoms with Gasteiger partial charge >= 0.3 is 5.97 Å². The lowest BCUT2D eigenvalue weighted by Crippen LogP contribution is -2.03. The number of aryl methyl sites for hydroxylation is 1. The third-order valence-corrected chi connectivity index (χ3v) is 3.74. The normalized spacial score (nSPS) is 10.6. The highest BCUT2D eigenvalue weighted by molar-refractivity contribution is 7.99. The smallest absolute Gasteiger partial charge is 0.313 e. The summed E-state index contributed by atoms with van der Waals surface area (Å²) in [5, 5.41) is 17.8. The highest BCUT2D eigenvalue weighted by Crippen LogP contribution is 2.18. The number of rotatable bonds is 5. The van der Waals surface area contributed by atoms with Crippen LogP contribution < -0.4 is 0 Å². The van der Waals surface area contributed by atoms with Crippen molar-refractivity contribution in [3.63, 3.8) is 0 Å². The number of carboxylic acid groups (broad SMARTS) is 1. The van der Waals surface area contributed by atoms with E-state index in [1.807, 2.05) is 13.1 Å². The average Bonchev–Trinajstić information content (AvgIpc) is 2.86. The van der Waals surface area contributed by atoms with Gasteiger partial charge in [0.1, 0.15) is 11.3 Å². The summed E-state index contributed by atoms with van der Waals surface area (Å²) in [6, 6.07) is 0. The predicted octanol–water partition coefficient (Wildman–Crippen LogP) is 1.27. The molecule has 0 unspecified atom stereocenters. The lowest BCUT2D eigenvalue weighted by Gasteiger charge is -2.02. The van der Waals surface area contributed by atoms with Crippen molar-refractivity contribution in [3.05, 3.63) is 22.4 Å². The van der Waals surface area contributed by atoms with E-state index in [0.29, 0.717) is 11.7 Å². The fourth-order valence-corrected chi connectivity index (χ4v) is 2.63. The predicted molar refractivity (Wildman–Crippen MR) is 64.3 cm³/mol. The highest BCUT2D eigenvalue weighted by atomic mass is 32.2. The molecule has 8 heteroatoms. The highest BCUT2D eigenvalue weighted by Gasteiger charge is 2.09. The molecule has 0 aliphatic heterocycles. The summed E-state index contributed by atoms with van der Waals surface area (Å²) in [6.07, 6.45) is 3.40. The molecule has 2 aromatic rings. The minimum atomic E-state index is -0.866. The third-order valence-electron chi connectivity index (χ3n) is 1.88. The topological polar surface area (TPSA) is 80.9 Å². The maximum Gasteiger partial charge on any atom is 0.313 e. The Balaban J connectivity index is 2.06. The Labute approximate surface area is 106 Å². The van der Waals surface area contributed by atoms with Gasteiger partial charge < -0.3 is 9.67 Å². The minimum absolute atomic E-state index is 0.0183. The first kappa shape index (κ1) is 12.1. The summed E-state index contributed by atoms with van der Waals surface area (Å²) >= 11 is 2.76. The Bertz CT molecular complexity index is 523. The van der Waals surface area contributed by atoms with Crippen LogP contribution in [0.4, 0.5) is 0 Å². The first-order chi connectivity index (χ1) is 8.15. The molecule has 6 nitrogen and oxygen atoms in total. The molecule has 2 heterocycles. The molecule has 90 valence electrons. The second-order valence-electron chi connectivity index (χ2n) is 3.29. The lowest BCUT2D eigenvalue weighted by atomic mass is 10.6. The van der Waals surface area contributed by atoms with Gasteiger partial charge in [0.25, 0.3) is 0 Å². The van der Waals surface area contributed by atoms with Gasteiger partial charge in [0.05, 0.1) is 12.3 Å². The molecule has 0 saturated heterocycles. The van der Waals surface area contributed by atoms with Gasteiger partial charge in [-0.1, -0.05) is 11.8 Å². The zero-order chi connectivity index (χ0) is 12.3. The number of aromatic nitrogens is 4. The SMILES string of the molecule is Cc1cnc(Cn2cnnc2SCC(=O)O)s1. The van der Waals surface area contributed by atoms with Gasteiger partial charge in [0.2, 0.25) is 0 Å². The fourth-order valence-electron chi connectivity index (χ4n) is 1.21. The van der Waals surface area contributed by atoms with Crippen molar-refractivity contribution in [1.82, 2.24) is 19.7 Å². The molecule has 0 atom stereocenters. The van der Waals surface area contributed by atoms with Crippen LogP contribution in [0.2, 0.25) is 0 Å². The number of aliphatic carboxylic acids is 1. The van der Waals surface area contributed by atoms with Crippen molar-refractivity contribution in [2.24, 2.45) is 0 Å². The second-order valence-corrected chi connectivity index (χ2v) is 5.55. The van der Waals surface area contributed by atoms with Crippen LogP contribution in [0.15, 0.2) is 17.7 Å². The second kappa shape index (κ2) is 5.28. The number of thioether (sulfide) groups is 1. The molecule has 0 aromatic carbocycles. The summed E-state index contributed by atoms with van der Waals surface area (Å²) in [5.74, 6) is -0.884. The van der Waals surface area contributed by atoms with Crippen molar-refractivity contribution in [2.75, 3.05) is 5.75 Å². The molecule has 0 radical (unpaired) electrons. The van der Waals surface area contributed by atoms with Crippen LogP contribution in [0.1, 0.15) is 9.88 Å². The Kier molecular flexibility index (Phi) is 3.75. The summed E-state index contributed by atoms with van der Waals surface area (Å²) < 4.78 is 1.80. The number of nitrogens with zero attached hydrogens (tertiary/aromatic N) is 4. The standard InChI is InChI=1S/C9H10N4O2S2/c1-6-2-10-7(17-6)3-13-5-11-12-9(13)16-4-8(14)15/h2,5H,3-4H2,1H3,(H,14,15).